The molecule has 0 atom stereocenters. The number of anilines is 3. The van der Waals surface area contributed by atoms with Crippen molar-refractivity contribution in [2.75, 3.05) is 11.1 Å². The summed E-state index contributed by atoms with van der Waals surface area (Å²) in [6.07, 6.45) is 1.26. The Labute approximate surface area is 107 Å². The van der Waals surface area contributed by atoms with E-state index in [-0.39, 0.29) is 15.9 Å². The fourth-order valence-corrected chi connectivity index (χ4v) is 1.44. The molecule has 0 radical (unpaired) electrons. The molecule has 0 spiro atoms. The third-order valence-electron chi connectivity index (χ3n) is 2.00. The molecule has 0 bridgehead atoms. The number of nitrogens with two attached hydrogens (primary N) is 1. The molecule has 4 nitrogen and oxygen atoms in total. The standard InChI is InChI=1S/C10H7Cl2FN4/c11-6-2-1-5(3-7(6)13)17-10-8(12)9(14)15-4-16-10/h1-4H,(H3,14,15,16,17). The Hall–Kier alpha value is -1.59. The average Bonchev–Trinajstić information content (AvgIpc) is 2.30. The molecule has 0 aliphatic heterocycles. The molecule has 0 saturated carbocycles. The highest BCUT2D eigenvalue weighted by atomic mass is 35.5. The highest BCUT2D eigenvalue weighted by Gasteiger charge is 2.07. The van der Waals surface area contributed by atoms with Gasteiger partial charge in [-0.3, -0.25) is 0 Å². The van der Waals surface area contributed by atoms with Gasteiger partial charge in [-0.25, -0.2) is 14.4 Å². The second-order valence-corrected chi connectivity index (χ2v) is 3.96. The van der Waals surface area contributed by atoms with Crippen LogP contribution in [0.3, 0.4) is 0 Å². The lowest BCUT2D eigenvalue weighted by atomic mass is 10.3. The monoisotopic (exact) mass is 272 g/mol. The fraction of sp³-hybridized carbons (Fsp3) is 0. The van der Waals surface area contributed by atoms with Crippen LogP contribution in [0, 0.1) is 5.82 Å². The predicted octanol–water partition coefficient (Wildman–Crippen LogP) is 3.25. The van der Waals surface area contributed by atoms with E-state index in [1.54, 1.807) is 6.07 Å². The third kappa shape index (κ3) is 2.57. The first-order valence-corrected chi connectivity index (χ1v) is 5.31. The molecular weight excluding hydrogens is 266 g/mol. The van der Waals surface area contributed by atoms with Gasteiger partial charge < -0.3 is 11.1 Å². The Morgan fingerprint density at radius 2 is 2.00 bits per heavy atom. The largest absolute Gasteiger partial charge is 0.382 e. The molecule has 0 aliphatic rings. The maximum Gasteiger partial charge on any atom is 0.154 e. The molecule has 88 valence electrons. The molecule has 1 aromatic heterocycles. The number of nitrogens with one attached hydrogen (secondary N) is 1. The molecule has 0 fully saturated rings. The number of hydrogen-bond donors (Lipinski definition) is 2. The van der Waals surface area contributed by atoms with Crippen molar-refractivity contribution in [1.82, 2.24) is 9.97 Å². The smallest absolute Gasteiger partial charge is 0.154 e. The van der Waals surface area contributed by atoms with Crippen LogP contribution in [-0.2, 0) is 0 Å². The molecule has 0 saturated heterocycles. The second-order valence-electron chi connectivity index (χ2n) is 3.18. The molecular formula is C10H7Cl2FN4. The first kappa shape index (κ1) is 11.9. The minimum Gasteiger partial charge on any atom is -0.382 e. The Morgan fingerprint density at radius 3 is 2.71 bits per heavy atom. The number of hydrogen-bond acceptors (Lipinski definition) is 4. The van der Waals surface area contributed by atoms with Crippen molar-refractivity contribution in [3.63, 3.8) is 0 Å². The van der Waals surface area contributed by atoms with E-state index in [0.29, 0.717) is 11.5 Å². The van der Waals surface area contributed by atoms with Crippen LogP contribution in [-0.4, -0.2) is 9.97 Å². The summed E-state index contributed by atoms with van der Waals surface area (Å²) in [6, 6.07) is 4.26. The van der Waals surface area contributed by atoms with Crippen LogP contribution in [0.25, 0.3) is 0 Å². The van der Waals surface area contributed by atoms with Crippen molar-refractivity contribution in [2.45, 2.75) is 0 Å². The Morgan fingerprint density at radius 1 is 1.24 bits per heavy atom. The van der Waals surface area contributed by atoms with Gasteiger partial charge in [0.05, 0.1) is 5.02 Å². The summed E-state index contributed by atoms with van der Waals surface area (Å²) < 4.78 is 13.2. The number of nitrogen functional groups attached to an aromatic ring is 1. The van der Waals surface area contributed by atoms with Crippen molar-refractivity contribution in [2.24, 2.45) is 0 Å². The maximum atomic E-state index is 13.2. The average molecular weight is 273 g/mol. The predicted molar refractivity (Wildman–Crippen MR) is 66.1 cm³/mol. The van der Waals surface area contributed by atoms with Gasteiger partial charge in [-0.05, 0) is 18.2 Å². The van der Waals surface area contributed by atoms with Gasteiger partial charge in [0.15, 0.2) is 5.82 Å². The highest BCUT2D eigenvalue weighted by Crippen LogP contribution is 2.27. The molecule has 0 aliphatic carbocycles. The quantitative estimate of drug-likeness (QED) is 0.881. The van der Waals surface area contributed by atoms with Crippen molar-refractivity contribution < 1.29 is 4.39 Å². The van der Waals surface area contributed by atoms with Gasteiger partial charge in [-0.15, -0.1) is 0 Å². The van der Waals surface area contributed by atoms with Crippen LogP contribution in [0.1, 0.15) is 0 Å². The molecule has 7 heteroatoms. The number of benzene rings is 1. The third-order valence-corrected chi connectivity index (χ3v) is 2.68. The molecule has 1 heterocycles. The van der Waals surface area contributed by atoms with Crippen LogP contribution in [0.2, 0.25) is 10.0 Å². The first-order chi connectivity index (χ1) is 8.08. The zero-order valence-corrected chi connectivity index (χ0v) is 9.93. The van der Waals surface area contributed by atoms with Gasteiger partial charge in [0.25, 0.3) is 0 Å². The summed E-state index contributed by atoms with van der Waals surface area (Å²) in [5.74, 6) is -0.0747. The topological polar surface area (TPSA) is 63.8 Å². The van der Waals surface area contributed by atoms with E-state index in [1.807, 2.05) is 0 Å². The highest BCUT2D eigenvalue weighted by molar-refractivity contribution is 6.35. The van der Waals surface area contributed by atoms with Crippen molar-refractivity contribution in [3.05, 3.63) is 40.4 Å². The molecule has 17 heavy (non-hydrogen) atoms. The van der Waals surface area contributed by atoms with Gasteiger partial charge in [0, 0.05) is 5.69 Å². The number of nitrogens with zero attached hydrogens (tertiary/aromatic N) is 2. The lowest BCUT2D eigenvalue weighted by Gasteiger charge is -2.08. The number of aromatic nitrogens is 2. The lowest BCUT2D eigenvalue weighted by Crippen LogP contribution is -1.99. The maximum absolute atomic E-state index is 13.2. The Bertz CT molecular complexity index is 562. The molecule has 2 aromatic rings. The van der Waals surface area contributed by atoms with Crippen molar-refractivity contribution in [3.8, 4) is 0 Å². The van der Waals surface area contributed by atoms with Crippen molar-refractivity contribution >= 4 is 40.5 Å². The number of halogens is 3. The summed E-state index contributed by atoms with van der Waals surface area (Å²) in [5.41, 5.74) is 5.97. The Kier molecular flexibility index (Phi) is 3.31. The van der Waals surface area contributed by atoms with Gasteiger partial charge >= 0.3 is 0 Å². The van der Waals surface area contributed by atoms with Gasteiger partial charge in [-0.2, -0.15) is 0 Å². The van der Waals surface area contributed by atoms with Gasteiger partial charge in [0.2, 0.25) is 0 Å². The summed E-state index contributed by atoms with van der Waals surface area (Å²) in [5, 5.41) is 3.05. The van der Waals surface area contributed by atoms with Crippen LogP contribution in [0.4, 0.5) is 21.7 Å². The van der Waals surface area contributed by atoms with Gasteiger partial charge in [0.1, 0.15) is 23.0 Å². The summed E-state index contributed by atoms with van der Waals surface area (Å²) >= 11 is 11.4. The number of rotatable bonds is 2. The van der Waals surface area contributed by atoms with Crippen molar-refractivity contribution in [1.29, 1.82) is 0 Å². The molecule has 0 unspecified atom stereocenters. The summed E-state index contributed by atoms with van der Waals surface area (Å²) in [6.45, 7) is 0. The Balaban J connectivity index is 2.31. The lowest BCUT2D eigenvalue weighted by molar-refractivity contribution is 0.629. The van der Waals surface area contributed by atoms with E-state index in [0.717, 1.165) is 0 Å². The zero-order chi connectivity index (χ0) is 12.4. The van der Waals surface area contributed by atoms with Crippen LogP contribution >= 0.6 is 23.2 Å². The normalized spacial score (nSPS) is 10.3. The van der Waals surface area contributed by atoms with E-state index < -0.39 is 5.82 Å². The van der Waals surface area contributed by atoms with Gasteiger partial charge in [-0.1, -0.05) is 23.2 Å². The van der Waals surface area contributed by atoms with Crippen LogP contribution < -0.4 is 11.1 Å². The summed E-state index contributed by atoms with van der Waals surface area (Å²) in [7, 11) is 0. The molecule has 1 aromatic carbocycles. The molecule has 3 N–H and O–H groups in total. The second kappa shape index (κ2) is 4.73. The van der Waals surface area contributed by atoms with Crippen LogP contribution in [0.5, 0.6) is 0 Å². The van der Waals surface area contributed by atoms with E-state index in [1.165, 1.54) is 18.5 Å². The molecule has 0 amide bonds. The summed E-state index contributed by atoms with van der Waals surface area (Å²) in [4.78, 5) is 7.61. The van der Waals surface area contributed by atoms with E-state index >= 15 is 0 Å². The van der Waals surface area contributed by atoms with E-state index in [9.17, 15) is 4.39 Å². The fourth-order valence-electron chi connectivity index (χ4n) is 1.18. The minimum atomic E-state index is -0.533. The zero-order valence-electron chi connectivity index (χ0n) is 8.42. The van der Waals surface area contributed by atoms with E-state index in [2.05, 4.69) is 15.3 Å². The molecule has 2 rings (SSSR count). The first-order valence-electron chi connectivity index (χ1n) is 4.56. The SMILES string of the molecule is Nc1ncnc(Nc2ccc(Cl)c(F)c2)c1Cl. The minimum absolute atomic E-state index is 0.0452. The van der Waals surface area contributed by atoms with E-state index in [4.69, 9.17) is 28.9 Å². The van der Waals surface area contributed by atoms with Crippen LogP contribution in [0.15, 0.2) is 24.5 Å².